The van der Waals surface area contributed by atoms with Crippen LogP contribution in [0.3, 0.4) is 0 Å². The summed E-state index contributed by atoms with van der Waals surface area (Å²) >= 11 is 0. The van der Waals surface area contributed by atoms with E-state index in [-0.39, 0.29) is 5.69 Å². The maximum atomic E-state index is 11.6. The van der Waals surface area contributed by atoms with Crippen LogP contribution in [0, 0.1) is 0 Å². The number of pyridine rings is 1. The smallest absolute Gasteiger partial charge is 0.269 e. The van der Waals surface area contributed by atoms with Gasteiger partial charge in [0.05, 0.1) is 11.9 Å². The fourth-order valence-electron chi connectivity index (χ4n) is 1.69. The zero-order chi connectivity index (χ0) is 13.9. The van der Waals surface area contributed by atoms with E-state index >= 15 is 0 Å². The number of piperazine rings is 1. The van der Waals surface area contributed by atoms with E-state index in [2.05, 4.69) is 15.2 Å². The Balaban J connectivity index is 2.03. The molecule has 2 heterocycles. The van der Waals surface area contributed by atoms with Gasteiger partial charge in [-0.05, 0) is 12.1 Å². The van der Waals surface area contributed by atoms with E-state index in [4.69, 9.17) is 4.11 Å². The SMILES string of the molecule is [2H]C([2H])([2H])NC(=O)c1ccc(N2CCNCC2)cn1. The van der Waals surface area contributed by atoms with Gasteiger partial charge in [-0.1, -0.05) is 0 Å². The van der Waals surface area contributed by atoms with E-state index in [0.717, 1.165) is 31.9 Å². The van der Waals surface area contributed by atoms with Crippen molar-refractivity contribution in [3.05, 3.63) is 24.0 Å². The summed E-state index contributed by atoms with van der Waals surface area (Å²) in [5.41, 5.74) is 1.04. The van der Waals surface area contributed by atoms with Crippen LogP contribution in [0.2, 0.25) is 0 Å². The summed E-state index contributed by atoms with van der Waals surface area (Å²) in [6.45, 7) is 1.13. The molecule has 0 radical (unpaired) electrons. The Morgan fingerprint density at radius 2 is 2.38 bits per heavy atom. The summed E-state index contributed by atoms with van der Waals surface area (Å²) in [4.78, 5) is 17.8. The summed E-state index contributed by atoms with van der Waals surface area (Å²) in [5.74, 6) is -0.688. The molecule has 5 heteroatoms. The summed E-state index contributed by atoms with van der Waals surface area (Å²) in [6, 6.07) is 3.32. The zero-order valence-electron chi connectivity index (χ0n) is 11.9. The topological polar surface area (TPSA) is 57.3 Å². The van der Waals surface area contributed by atoms with Crippen LogP contribution >= 0.6 is 0 Å². The second kappa shape index (κ2) is 4.94. The van der Waals surface area contributed by atoms with Gasteiger partial charge in [-0.3, -0.25) is 4.79 Å². The lowest BCUT2D eigenvalue weighted by atomic mass is 10.2. The average Bonchev–Trinajstić information content (AvgIpc) is 2.38. The Bertz CT molecular complexity index is 440. The monoisotopic (exact) mass is 223 g/mol. The van der Waals surface area contributed by atoms with Crippen LogP contribution in [-0.4, -0.2) is 44.0 Å². The molecule has 0 spiro atoms. The van der Waals surface area contributed by atoms with Gasteiger partial charge in [-0.25, -0.2) is 4.98 Å². The number of carbonyl (C=O) groups excluding carboxylic acids is 1. The number of rotatable bonds is 2. The van der Waals surface area contributed by atoms with Gasteiger partial charge in [0.1, 0.15) is 5.69 Å². The maximum Gasteiger partial charge on any atom is 0.269 e. The molecule has 2 N–H and O–H groups in total. The van der Waals surface area contributed by atoms with Gasteiger partial charge >= 0.3 is 0 Å². The summed E-state index contributed by atoms with van der Waals surface area (Å²) in [6.07, 6.45) is 1.60. The molecule has 1 saturated heterocycles. The molecular formula is C11H16N4O. The quantitative estimate of drug-likeness (QED) is 0.732. The molecule has 5 nitrogen and oxygen atoms in total. The number of nitrogens with zero attached hydrogens (tertiary/aromatic N) is 2. The van der Waals surface area contributed by atoms with Crippen LogP contribution < -0.4 is 15.5 Å². The van der Waals surface area contributed by atoms with Gasteiger partial charge in [0.25, 0.3) is 5.91 Å². The highest BCUT2D eigenvalue weighted by molar-refractivity contribution is 5.92. The van der Waals surface area contributed by atoms with Crippen molar-refractivity contribution in [2.45, 2.75) is 0 Å². The number of anilines is 1. The Hall–Kier alpha value is -1.62. The van der Waals surface area contributed by atoms with Crippen LogP contribution in [0.25, 0.3) is 0 Å². The Kier molecular flexibility index (Phi) is 2.35. The lowest BCUT2D eigenvalue weighted by Crippen LogP contribution is -2.43. The van der Waals surface area contributed by atoms with Gasteiger partial charge in [0.2, 0.25) is 0 Å². The second-order valence-electron chi connectivity index (χ2n) is 3.59. The van der Waals surface area contributed by atoms with Crippen molar-refractivity contribution in [2.24, 2.45) is 0 Å². The van der Waals surface area contributed by atoms with Gasteiger partial charge in [0.15, 0.2) is 0 Å². The van der Waals surface area contributed by atoms with Crippen LogP contribution in [0.15, 0.2) is 18.3 Å². The van der Waals surface area contributed by atoms with Gasteiger partial charge < -0.3 is 15.5 Å². The molecule has 0 atom stereocenters. The van der Waals surface area contributed by atoms with E-state index in [0.29, 0.717) is 0 Å². The van der Waals surface area contributed by atoms with Crippen molar-refractivity contribution in [3.8, 4) is 0 Å². The Morgan fingerprint density at radius 1 is 1.56 bits per heavy atom. The number of hydrogen-bond donors (Lipinski definition) is 2. The highest BCUT2D eigenvalue weighted by atomic mass is 16.1. The molecule has 0 unspecified atom stereocenters. The molecule has 1 fully saturated rings. The molecule has 1 aromatic rings. The third-order valence-corrected chi connectivity index (χ3v) is 2.58. The number of nitrogens with one attached hydrogen (secondary N) is 2. The molecular weight excluding hydrogens is 204 g/mol. The van der Waals surface area contributed by atoms with E-state index in [1.807, 2.05) is 5.32 Å². The third kappa shape index (κ3) is 2.30. The van der Waals surface area contributed by atoms with Crippen molar-refractivity contribution in [1.29, 1.82) is 0 Å². The number of hydrogen-bond acceptors (Lipinski definition) is 4. The average molecular weight is 223 g/mol. The largest absolute Gasteiger partial charge is 0.368 e. The van der Waals surface area contributed by atoms with Crippen molar-refractivity contribution < 1.29 is 8.91 Å². The minimum absolute atomic E-state index is 0.106. The molecule has 1 aliphatic heterocycles. The third-order valence-electron chi connectivity index (χ3n) is 2.58. The minimum atomic E-state index is -2.49. The highest BCUT2D eigenvalue weighted by Crippen LogP contribution is 2.13. The van der Waals surface area contributed by atoms with E-state index in [1.165, 1.54) is 0 Å². The molecule has 0 saturated carbocycles. The van der Waals surface area contributed by atoms with Crippen molar-refractivity contribution >= 4 is 11.6 Å². The first-order valence-corrected chi connectivity index (χ1v) is 5.20. The normalized spacial score (nSPS) is 19.5. The first-order chi connectivity index (χ1) is 8.96. The molecule has 86 valence electrons. The summed E-state index contributed by atoms with van der Waals surface area (Å²) in [5, 5.41) is 5.16. The summed E-state index contributed by atoms with van der Waals surface area (Å²) < 4.78 is 20.9. The lowest BCUT2D eigenvalue weighted by Gasteiger charge is -2.29. The molecule has 16 heavy (non-hydrogen) atoms. The van der Waals surface area contributed by atoms with Gasteiger partial charge in [-0.15, -0.1) is 0 Å². The van der Waals surface area contributed by atoms with E-state index in [9.17, 15) is 4.79 Å². The van der Waals surface area contributed by atoms with Crippen LogP contribution in [0.4, 0.5) is 5.69 Å². The van der Waals surface area contributed by atoms with Crippen molar-refractivity contribution in [2.75, 3.05) is 38.1 Å². The fourth-order valence-corrected chi connectivity index (χ4v) is 1.69. The fraction of sp³-hybridized carbons (Fsp3) is 0.455. The number of amides is 1. The second-order valence-corrected chi connectivity index (χ2v) is 3.59. The van der Waals surface area contributed by atoms with Crippen LogP contribution in [-0.2, 0) is 0 Å². The molecule has 0 aromatic carbocycles. The number of carbonyl (C=O) groups is 1. The Labute approximate surface area is 99.1 Å². The number of aromatic nitrogens is 1. The van der Waals surface area contributed by atoms with E-state index in [1.54, 1.807) is 18.3 Å². The van der Waals surface area contributed by atoms with Crippen molar-refractivity contribution in [3.63, 3.8) is 0 Å². The lowest BCUT2D eigenvalue weighted by molar-refractivity contribution is 0.0958. The maximum absolute atomic E-state index is 11.6. The first-order valence-electron chi connectivity index (χ1n) is 6.70. The first kappa shape index (κ1) is 7.62. The standard InChI is InChI=1S/C11H16N4O/c1-12-11(16)10-3-2-9(8-14-10)15-6-4-13-5-7-15/h2-3,8,13H,4-7H2,1H3,(H,12,16)/i1D3. The van der Waals surface area contributed by atoms with Crippen LogP contribution in [0.1, 0.15) is 14.6 Å². The minimum Gasteiger partial charge on any atom is -0.368 e. The van der Waals surface area contributed by atoms with Gasteiger partial charge in [0, 0.05) is 37.3 Å². The Morgan fingerprint density at radius 3 is 3.00 bits per heavy atom. The van der Waals surface area contributed by atoms with Crippen LogP contribution in [0.5, 0.6) is 0 Å². The molecule has 0 bridgehead atoms. The molecule has 2 rings (SSSR count). The molecule has 1 aromatic heterocycles. The van der Waals surface area contributed by atoms with Crippen molar-refractivity contribution in [1.82, 2.24) is 15.6 Å². The molecule has 0 aliphatic carbocycles. The predicted molar refractivity (Wildman–Crippen MR) is 62.7 cm³/mol. The zero-order valence-corrected chi connectivity index (χ0v) is 8.86. The highest BCUT2D eigenvalue weighted by Gasteiger charge is 2.11. The predicted octanol–water partition coefficient (Wildman–Crippen LogP) is -0.149. The van der Waals surface area contributed by atoms with E-state index < -0.39 is 12.9 Å². The molecule has 1 amide bonds. The summed E-state index contributed by atoms with van der Waals surface area (Å²) in [7, 11) is 0. The van der Waals surface area contributed by atoms with Gasteiger partial charge in [-0.2, -0.15) is 0 Å². The molecule has 1 aliphatic rings.